The van der Waals surface area contributed by atoms with E-state index in [1.54, 1.807) is 11.3 Å². The molecule has 2 rings (SSSR count). The topological polar surface area (TPSA) is 24.9 Å². The first-order valence-corrected chi connectivity index (χ1v) is 7.20. The van der Waals surface area contributed by atoms with E-state index in [2.05, 4.69) is 28.7 Å². The molecule has 0 bridgehead atoms. The van der Waals surface area contributed by atoms with Gasteiger partial charge in [0.15, 0.2) is 0 Å². The van der Waals surface area contributed by atoms with Crippen LogP contribution in [-0.2, 0) is 6.42 Å². The van der Waals surface area contributed by atoms with Crippen molar-refractivity contribution >= 4 is 22.9 Å². The molecule has 0 fully saturated rings. The molecule has 4 heteroatoms. The highest BCUT2D eigenvalue weighted by Crippen LogP contribution is 2.25. The van der Waals surface area contributed by atoms with Crippen LogP contribution in [0.2, 0.25) is 5.02 Å². The van der Waals surface area contributed by atoms with Gasteiger partial charge in [-0.25, -0.2) is 4.98 Å². The Labute approximate surface area is 117 Å². The zero-order chi connectivity index (χ0) is 13.1. The van der Waals surface area contributed by atoms with Crippen LogP contribution in [0, 0.1) is 13.8 Å². The fourth-order valence-corrected chi connectivity index (χ4v) is 2.87. The predicted molar refractivity (Wildman–Crippen MR) is 78.5 cm³/mol. The molecule has 0 saturated carbocycles. The number of benzene rings is 1. The fourth-order valence-electron chi connectivity index (χ4n) is 2.07. The van der Waals surface area contributed by atoms with Gasteiger partial charge in [-0.2, -0.15) is 0 Å². The van der Waals surface area contributed by atoms with Crippen molar-refractivity contribution in [2.24, 2.45) is 0 Å². The van der Waals surface area contributed by atoms with Crippen LogP contribution in [0.4, 0.5) is 0 Å². The lowest BCUT2D eigenvalue weighted by Gasteiger charge is -2.18. The van der Waals surface area contributed by atoms with Crippen LogP contribution >= 0.6 is 22.9 Å². The third kappa shape index (κ3) is 3.10. The van der Waals surface area contributed by atoms with Crippen molar-refractivity contribution in [2.75, 3.05) is 7.05 Å². The van der Waals surface area contributed by atoms with Gasteiger partial charge in [-0.3, -0.25) is 0 Å². The summed E-state index contributed by atoms with van der Waals surface area (Å²) in [6.45, 7) is 4.15. The molecule has 0 aliphatic heterocycles. The largest absolute Gasteiger partial charge is 0.313 e. The molecule has 2 aromatic rings. The molecule has 18 heavy (non-hydrogen) atoms. The summed E-state index contributed by atoms with van der Waals surface area (Å²) in [6.07, 6.45) is 0.891. The Bertz CT molecular complexity index is 536. The normalized spacial score (nSPS) is 12.7. The summed E-state index contributed by atoms with van der Waals surface area (Å²) in [5.41, 5.74) is 3.64. The molecule has 0 aliphatic rings. The van der Waals surface area contributed by atoms with Gasteiger partial charge >= 0.3 is 0 Å². The zero-order valence-electron chi connectivity index (χ0n) is 10.8. The molecule has 0 amide bonds. The number of rotatable bonds is 4. The van der Waals surface area contributed by atoms with Crippen LogP contribution in [0.3, 0.4) is 0 Å². The molecule has 1 unspecified atom stereocenters. The Balaban J connectivity index is 2.25. The fraction of sp³-hybridized carbons (Fsp3) is 0.357. The van der Waals surface area contributed by atoms with Gasteiger partial charge in [-0.05, 0) is 44.2 Å². The van der Waals surface area contributed by atoms with Crippen molar-refractivity contribution in [3.05, 3.63) is 50.4 Å². The van der Waals surface area contributed by atoms with Crippen molar-refractivity contribution in [3.8, 4) is 0 Å². The molecule has 96 valence electrons. The number of hydrogen-bond donors (Lipinski definition) is 1. The second-order valence-electron chi connectivity index (χ2n) is 4.40. The van der Waals surface area contributed by atoms with Gasteiger partial charge in [0.25, 0.3) is 0 Å². The summed E-state index contributed by atoms with van der Waals surface area (Å²) in [6, 6.07) is 6.29. The maximum atomic E-state index is 6.08. The number of aromatic nitrogens is 1. The van der Waals surface area contributed by atoms with Gasteiger partial charge in [-0.15, -0.1) is 11.3 Å². The van der Waals surface area contributed by atoms with Crippen molar-refractivity contribution < 1.29 is 0 Å². The van der Waals surface area contributed by atoms with E-state index in [4.69, 9.17) is 11.6 Å². The standard InChI is InChI=1S/C14H17ClN2S/c1-9-4-5-11(15)6-13(9)14(16-3)7-12-8-18-10(2)17-12/h4-6,8,14,16H,7H2,1-3H3. The van der Waals surface area contributed by atoms with Gasteiger partial charge in [0.05, 0.1) is 10.7 Å². The monoisotopic (exact) mass is 280 g/mol. The number of hydrogen-bond acceptors (Lipinski definition) is 3. The Kier molecular flexibility index (Phi) is 4.38. The zero-order valence-corrected chi connectivity index (χ0v) is 12.4. The number of likely N-dealkylation sites (N-methyl/N-ethyl adjacent to an activating group) is 1. The minimum Gasteiger partial charge on any atom is -0.313 e. The van der Waals surface area contributed by atoms with E-state index in [0.29, 0.717) is 0 Å². The number of nitrogens with one attached hydrogen (secondary N) is 1. The lowest BCUT2D eigenvalue weighted by molar-refractivity contribution is 0.582. The molecule has 1 atom stereocenters. The van der Waals surface area contributed by atoms with Crippen LogP contribution in [0.1, 0.15) is 27.9 Å². The first-order valence-electron chi connectivity index (χ1n) is 5.94. The maximum Gasteiger partial charge on any atom is 0.0897 e. The van der Waals surface area contributed by atoms with Crippen LogP contribution in [0.5, 0.6) is 0 Å². The highest BCUT2D eigenvalue weighted by molar-refractivity contribution is 7.09. The summed E-state index contributed by atoms with van der Waals surface area (Å²) in [5, 5.41) is 7.37. The predicted octanol–water partition coefficient (Wildman–Crippen LogP) is 3.92. The van der Waals surface area contributed by atoms with E-state index in [1.165, 1.54) is 11.1 Å². The number of halogens is 1. The molecule has 1 N–H and O–H groups in total. The summed E-state index contributed by atoms with van der Waals surface area (Å²) in [5.74, 6) is 0. The number of nitrogens with zero attached hydrogens (tertiary/aromatic N) is 1. The maximum absolute atomic E-state index is 6.08. The van der Waals surface area contributed by atoms with Gasteiger partial charge in [-0.1, -0.05) is 17.7 Å². The average molecular weight is 281 g/mol. The molecule has 0 aliphatic carbocycles. The second-order valence-corrected chi connectivity index (χ2v) is 5.90. The third-order valence-electron chi connectivity index (χ3n) is 3.04. The summed E-state index contributed by atoms with van der Waals surface area (Å²) in [7, 11) is 1.98. The molecular formula is C14H17ClN2S. The molecule has 0 saturated heterocycles. The van der Waals surface area contributed by atoms with E-state index in [-0.39, 0.29) is 6.04 Å². The Hall–Kier alpha value is -0.900. The molecule has 1 heterocycles. The molecule has 1 aromatic heterocycles. The van der Waals surface area contributed by atoms with Crippen LogP contribution in [0.15, 0.2) is 23.6 Å². The second kappa shape index (κ2) is 5.83. The Morgan fingerprint density at radius 3 is 2.78 bits per heavy atom. The first-order chi connectivity index (χ1) is 8.60. The summed E-state index contributed by atoms with van der Waals surface area (Å²) < 4.78 is 0. The Morgan fingerprint density at radius 1 is 1.39 bits per heavy atom. The van der Waals surface area contributed by atoms with E-state index in [1.807, 2.05) is 26.1 Å². The number of thiazole rings is 1. The lowest BCUT2D eigenvalue weighted by Crippen LogP contribution is -2.20. The van der Waals surface area contributed by atoms with Gasteiger partial charge in [0, 0.05) is 22.9 Å². The highest BCUT2D eigenvalue weighted by Gasteiger charge is 2.14. The number of aryl methyl sites for hydroxylation is 2. The summed E-state index contributed by atoms with van der Waals surface area (Å²) in [4.78, 5) is 4.52. The van der Waals surface area contributed by atoms with Crippen LogP contribution < -0.4 is 5.32 Å². The van der Waals surface area contributed by atoms with E-state index in [9.17, 15) is 0 Å². The molecule has 2 nitrogen and oxygen atoms in total. The van der Waals surface area contributed by atoms with Crippen molar-refractivity contribution in [2.45, 2.75) is 26.3 Å². The first kappa shape index (κ1) is 13.5. The average Bonchev–Trinajstić information content (AvgIpc) is 2.75. The van der Waals surface area contributed by atoms with E-state index >= 15 is 0 Å². The molecular weight excluding hydrogens is 264 g/mol. The quantitative estimate of drug-likeness (QED) is 0.918. The van der Waals surface area contributed by atoms with Gasteiger partial charge in [0.2, 0.25) is 0 Å². The SMILES string of the molecule is CNC(Cc1csc(C)n1)c1cc(Cl)ccc1C. The van der Waals surface area contributed by atoms with Crippen LogP contribution in [0.25, 0.3) is 0 Å². The van der Waals surface area contributed by atoms with E-state index < -0.39 is 0 Å². The molecule has 0 radical (unpaired) electrons. The highest BCUT2D eigenvalue weighted by atomic mass is 35.5. The Morgan fingerprint density at radius 2 is 2.17 bits per heavy atom. The van der Waals surface area contributed by atoms with Crippen LogP contribution in [-0.4, -0.2) is 12.0 Å². The van der Waals surface area contributed by atoms with E-state index in [0.717, 1.165) is 22.1 Å². The summed E-state index contributed by atoms with van der Waals surface area (Å²) >= 11 is 7.78. The smallest absolute Gasteiger partial charge is 0.0897 e. The molecule has 1 aromatic carbocycles. The van der Waals surface area contributed by atoms with Gasteiger partial charge < -0.3 is 5.32 Å². The van der Waals surface area contributed by atoms with Crippen molar-refractivity contribution in [1.29, 1.82) is 0 Å². The molecule has 0 spiro atoms. The minimum atomic E-state index is 0.255. The van der Waals surface area contributed by atoms with Crippen molar-refractivity contribution in [3.63, 3.8) is 0 Å². The lowest BCUT2D eigenvalue weighted by atomic mass is 9.98. The third-order valence-corrected chi connectivity index (χ3v) is 4.10. The van der Waals surface area contributed by atoms with Crippen molar-refractivity contribution in [1.82, 2.24) is 10.3 Å². The minimum absolute atomic E-state index is 0.255. The van der Waals surface area contributed by atoms with Gasteiger partial charge in [0.1, 0.15) is 0 Å².